The third kappa shape index (κ3) is 3.28. The van der Waals surface area contributed by atoms with Crippen LogP contribution in [0.25, 0.3) is 0 Å². The molecule has 0 atom stereocenters. The summed E-state index contributed by atoms with van der Waals surface area (Å²) in [5, 5.41) is 0.372. The highest BCUT2D eigenvalue weighted by Gasteiger charge is 2.15. The number of rotatable bonds is 4. The van der Waals surface area contributed by atoms with Gasteiger partial charge in [-0.25, -0.2) is 8.42 Å². The number of anilines is 1. The molecule has 0 amide bonds. The molecule has 0 spiro atoms. The molecular weight excluding hydrogens is 282 g/mol. The second-order valence-corrected chi connectivity index (χ2v) is 6.17. The maximum Gasteiger partial charge on any atom is 0.261 e. The van der Waals surface area contributed by atoms with Crippen molar-refractivity contribution < 1.29 is 8.42 Å². The van der Waals surface area contributed by atoms with E-state index in [9.17, 15) is 8.42 Å². The lowest BCUT2D eigenvalue weighted by molar-refractivity contribution is 0.601. The number of nitrogens with one attached hydrogen (secondary N) is 1. The fourth-order valence-electron chi connectivity index (χ4n) is 1.65. The van der Waals surface area contributed by atoms with Gasteiger partial charge in [0.2, 0.25) is 0 Å². The van der Waals surface area contributed by atoms with Crippen molar-refractivity contribution in [3.8, 4) is 0 Å². The van der Waals surface area contributed by atoms with Gasteiger partial charge in [0.1, 0.15) is 0 Å². The van der Waals surface area contributed by atoms with Gasteiger partial charge in [0.15, 0.2) is 0 Å². The molecule has 0 aromatic heterocycles. The molecule has 2 rings (SSSR count). The number of sulfonamides is 1. The molecule has 1 N–H and O–H groups in total. The van der Waals surface area contributed by atoms with Crippen LogP contribution >= 0.6 is 11.6 Å². The van der Waals surface area contributed by atoms with Gasteiger partial charge in [-0.1, -0.05) is 42.8 Å². The van der Waals surface area contributed by atoms with Crippen molar-refractivity contribution in [1.29, 1.82) is 0 Å². The molecule has 0 saturated heterocycles. The molecule has 0 aliphatic carbocycles. The minimum absolute atomic E-state index is 0.226. The first kappa shape index (κ1) is 13.9. The Morgan fingerprint density at radius 1 is 1.05 bits per heavy atom. The van der Waals surface area contributed by atoms with Crippen molar-refractivity contribution in [2.24, 2.45) is 0 Å². The van der Waals surface area contributed by atoms with Crippen molar-refractivity contribution in [2.75, 3.05) is 4.72 Å². The zero-order valence-electron chi connectivity index (χ0n) is 10.4. The van der Waals surface area contributed by atoms with Crippen molar-refractivity contribution in [2.45, 2.75) is 18.2 Å². The lowest BCUT2D eigenvalue weighted by atomic mass is 10.2. The normalized spacial score (nSPS) is 11.3. The summed E-state index contributed by atoms with van der Waals surface area (Å²) in [6.07, 6.45) is 0.873. The molecule has 0 aliphatic rings. The predicted octanol–water partition coefficient (Wildman–Crippen LogP) is 3.70. The summed E-state index contributed by atoms with van der Waals surface area (Å²) in [5.41, 5.74) is 1.47. The Morgan fingerprint density at radius 2 is 1.68 bits per heavy atom. The number of para-hydroxylation sites is 1. The highest BCUT2D eigenvalue weighted by atomic mass is 35.5. The topological polar surface area (TPSA) is 46.2 Å². The zero-order valence-corrected chi connectivity index (χ0v) is 12.0. The fourth-order valence-corrected chi connectivity index (χ4v) is 2.97. The van der Waals surface area contributed by atoms with Gasteiger partial charge in [-0.2, -0.15) is 0 Å². The van der Waals surface area contributed by atoms with E-state index in [4.69, 9.17) is 11.6 Å². The van der Waals surface area contributed by atoms with Gasteiger partial charge in [0.05, 0.1) is 15.6 Å². The monoisotopic (exact) mass is 295 g/mol. The summed E-state index contributed by atoms with van der Waals surface area (Å²) in [6, 6.07) is 13.5. The molecule has 2 aromatic rings. The van der Waals surface area contributed by atoms with E-state index in [0.717, 1.165) is 12.0 Å². The summed E-state index contributed by atoms with van der Waals surface area (Å²) in [6.45, 7) is 2.02. The van der Waals surface area contributed by atoms with Gasteiger partial charge < -0.3 is 0 Å². The molecule has 19 heavy (non-hydrogen) atoms. The molecular formula is C14H14ClNO2S. The number of aryl methyl sites for hydroxylation is 1. The average molecular weight is 296 g/mol. The molecule has 0 bridgehead atoms. The average Bonchev–Trinajstić information content (AvgIpc) is 2.41. The quantitative estimate of drug-likeness (QED) is 0.935. The van der Waals surface area contributed by atoms with Crippen LogP contribution < -0.4 is 4.72 Å². The first-order valence-electron chi connectivity index (χ1n) is 5.89. The van der Waals surface area contributed by atoms with Gasteiger partial charge in [0, 0.05) is 0 Å². The van der Waals surface area contributed by atoms with Crippen molar-refractivity contribution in [1.82, 2.24) is 0 Å². The second-order valence-electron chi connectivity index (χ2n) is 4.08. The summed E-state index contributed by atoms with van der Waals surface area (Å²) in [5.74, 6) is 0. The predicted molar refractivity (Wildman–Crippen MR) is 78.1 cm³/mol. The standard InChI is InChI=1S/C14H14ClNO2S/c1-2-11-7-9-12(10-8-11)19(17,18)16-14-6-4-3-5-13(14)15/h3-10,16H,2H2,1H3. The van der Waals surface area contributed by atoms with Gasteiger partial charge in [-0.05, 0) is 36.2 Å². The maximum atomic E-state index is 12.2. The molecule has 0 heterocycles. The SMILES string of the molecule is CCc1ccc(S(=O)(=O)Nc2ccccc2Cl)cc1. The highest BCUT2D eigenvalue weighted by Crippen LogP contribution is 2.24. The molecule has 0 fully saturated rings. The first-order valence-corrected chi connectivity index (χ1v) is 7.75. The third-order valence-corrected chi connectivity index (χ3v) is 4.47. The third-order valence-electron chi connectivity index (χ3n) is 2.76. The van der Waals surface area contributed by atoms with E-state index in [2.05, 4.69) is 4.72 Å². The Bertz CT molecular complexity index is 666. The number of hydrogen-bond donors (Lipinski definition) is 1. The largest absolute Gasteiger partial charge is 0.278 e. The van der Waals surface area contributed by atoms with Gasteiger partial charge >= 0.3 is 0 Å². The Labute approximate surface area is 118 Å². The van der Waals surface area contributed by atoms with Crippen LogP contribution in [-0.2, 0) is 16.4 Å². The van der Waals surface area contributed by atoms with E-state index >= 15 is 0 Å². The van der Waals surface area contributed by atoms with Gasteiger partial charge in [-0.3, -0.25) is 4.72 Å². The first-order chi connectivity index (χ1) is 9.03. The molecule has 2 aromatic carbocycles. The number of hydrogen-bond acceptors (Lipinski definition) is 2. The lowest BCUT2D eigenvalue weighted by Crippen LogP contribution is -2.13. The van der Waals surface area contributed by atoms with E-state index in [1.165, 1.54) is 0 Å². The Balaban J connectivity index is 2.30. The van der Waals surface area contributed by atoms with Gasteiger partial charge in [0.25, 0.3) is 10.0 Å². The summed E-state index contributed by atoms with van der Waals surface area (Å²) in [4.78, 5) is 0.226. The second kappa shape index (κ2) is 5.63. The molecule has 100 valence electrons. The van der Waals surface area contributed by atoms with E-state index in [-0.39, 0.29) is 4.90 Å². The number of halogens is 1. The van der Waals surface area contributed by atoms with Crippen LogP contribution in [0.15, 0.2) is 53.4 Å². The Morgan fingerprint density at radius 3 is 2.26 bits per heavy atom. The summed E-state index contributed by atoms with van der Waals surface area (Å²) < 4.78 is 26.8. The van der Waals surface area contributed by atoms with E-state index in [1.807, 2.05) is 6.92 Å². The molecule has 5 heteroatoms. The van der Waals surface area contributed by atoms with Crippen molar-refractivity contribution >= 4 is 27.3 Å². The van der Waals surface area contributed by atoms with E-state index in [1.54, 1.807) is 48.5 Å². The minimum Gasteiger partial charge on any atom is -0.278 e. The van der Waals surface area contributed by atoms with E-state index in [0.29, 0.717) is 10.7 Å². The van der Waals surface area contributed by atoms with Crippen LogP contribution in [0.3, 0.4) is 0 Å². The van der Waals surface area contributed by atoms with Crippen LogP contribution in [0.2, 0.25) is 5.02 Å². The van der Waals surface area contributed by atoms with Crippen molar-refractivity contribution in [3.05, 3.63) is 59.1 Å². The van der Waals surface area contributed by atoms with Gasteiger partial charge in [-0.15, -0.1) is 0 Å². The summed E-state index contributed by atoms with van der Waals surface area (Å²) >= 11 is 5.94. The molecule has 0 aliphatic heterocycles. The Hall–Kier alpha value is -1.52. The van der Waals surface area contributed by atoms with E-state index < -0.39 is 10.0 Å². The van der Waals surface area contributed by atoms with Crippen LogP contribution in [-0.4, -0.2) is 8.42 Å². The highest BCUT2D eigenvalue weighted by molar-refractivity contribution is 7.92. The maximum absolute atomic E-state index is 12.2. The summed E-state index contributed by atoms with van der Waals surface area (Å²) in [7, 11) is -3.60. The van der Waals surface area contributed by atoms with Crippen molar-refractivity contribution in [3.63, 3.8) is 0 Å². The molecule has 0 saturated carbocycles. The zero-order chi connectivity index (χ0) is 13.9. The van der Waals surface area contributed by atoms with Crippen LogP contribution in [0.4, 0.5) is 5.69 Å². The lowest BCUT2D eigenvalue weighted by Gasteiger charge is -2.09. The Kier molecular flexibility index (Phi) is 4.12. The molecule has 0 radical (unpaired) electrons. The fraction of sp³-hybridized carbons (Fsp3) is 0.143. The molecule has 0 unspecified atom stereocenters. The smallest absolute Gasteiger partial charge is 0.261 e. The number of benzene rings is 2. The minimum atomic E-state index is -3.60. The van der Waals surface area contributed by atoms with Crippen LogP contribution in [0, 0.1) is 0 Å². The van der Waals surface area contributed by atoms with Crippen LogP contribution in [0.5, 0.6) is 0 Å². The van der Waals surface area contributed by atoms with Crippen LogP contribution in [0.1, 0.15) is 12.5 Å². The molecule has 3 nitrogen and oxygen atoms in total.